The van der Waals surface area contributed by atoms with Gasteiger partial charge in [0.05, 0.1) is 16.9 Å². The van der Waals surface area contributed by atoms with Crippen LogP contribution in [0, 0.1) is 0 Å². The summed E-state index contributed by atoms with van der Waals surface area (Å²) in [7, 11) is 2.85. The molecular weight excluding hydrogens is 374 g/mol. The number of benzene rings is 2. The molecule has 148 valence electrons. The molecule has 0 aliphatic rings. The van der Waals surface area contributed by atoms with Gasteiger partial charge in [-0.25, -0.2) is 9.59 Å². The number of carbonyl (C=O) groups is 2. The minimum Gasteiger partial charge on any atom is -0.456 e. The van der Waals surface area contributed by atoms with Gasteiger partial charge in [-0.2, -0.15) is 0 Å². The van der Waals surface area contributed by atoms with E-state index in [1.807, 2.05) is 0 Å². The predicted octanol–water partition coefficient (Wildman–Crippen LogP) is 1.69. The second-order valence-corrected chi connectivity index (χ2v) is 6.32. The third-order valence-corrected chi connectivity index (χ3v) is 4.41. The van der Waals surface area contributed by atoms with E-state index in [9.17, 15) is 19.2 Å². The summed E-state index contributed by atoms with van der Waals surface area (Å²) in [5, 5.41) is 2.69. The topological polar surface area (TPSA) is 99.4 Å². The summed E-state index contributed by atoms with van der Waals surface area (Å²) in [4.78, 5) is 48.7. The van der Waals surface area contributed by atoms with Gasteiger partial charge in [0.2, 0.25) is 0 Å². The van der Waals surface area contributed by atoms with E-state index in [0.717, 1.165) is 4.57 Å². The lowest BCUT2D eigenvalue weighted by atomic mass is 10.1. The van der Waals surface area contributed by atoms with Crippen molar-refractivity contribution in [3.05, 3.63) is 98.3 Å². The summed E-state index contributed by atoms with van der Waals surface area (Å²) in [5.74, 6) is -1.05. The van der Waals surface area contributed by atoms with Crippen LogP contribution in [0.4, 0.5) is 5.69 Å². The van der Waals surface area contributed by atoms with E-state index < -0.39 is 17.2 Å². The Morgan fingerprint density at radius 3 is 2.31 bits per heavy atom. The van der Waals surface area contributed by atoms with Crippen LogP contribution in [-0.2, 0) is 25.4 Å². The van der Waals surface area contributed by atoms with Crippen molar-refractivity contribution in [3.8, 4) is 0 Å². The van der Waals surface area contributed by atoms with E-state index in [-0.39, 0.29) is 23.8 Å². The highest BCUT2D eigenvalue weighted by atomic mass is 16.5. The van der Waals surface area contributed by atoms with Gasteiger partial charge in [-0.05, 0) is 24.3 Å². The molecule has 1 aromatic heterocycles. The van der Waals surface area contributed by atoms with E-state index >= 15 is 0 Å². The Labute approximate surface area is 166 Å². The molecule has 0 atom stereocenters. The minimum absolute atomic E-state index is 0.158. The molecule has 0 saturated carbocycles. The fourth-order valence-electron chi connectivity index (χ4n) is 2.69. The second-order valence-electron chi connectivity index (χ2n) is 6.32. The van der Waals surface area contributed by atoms with Crippen molar-refractivity contribution in [2.45, 2.75) is 6.61 Å². The number of hydrogen-bond acceptors (Lipinski definition) is 5. The third-order valence-electron chi connectivity index (χ3n) is 4.41. The molecule has 0 bridgehead atoms. The van der Waals surface area contributed by atoms with Gasteiger partial charge >= 0.3 is 11.7 Å². The molecular formula is C21H19N3O5. The highest BCUT2D eigenvalue weighted by molar-refractivity contribution is 6.07. The first-order valence-electron chi connectivity index (χ1n) is 8.77. The normalized spacial score (nSPS) is 10.4. The zero-order chi connectivity index (χ0) is 21.0. The Morgan fingerprint density at radius 1 is 0.931 bits per heavy atom. The van der Waals surface area contributed by atoms with Crippen molar-refractivity contribution < 1.29 is 14.3 Å². The number of anilines is 1. The summed E-state index contributed by atoms with van der Waals surface area (Å²) in [5.41, 5.74) is 0.159. The maximum atomic E-state index is 12.6. The number of hydrogen-bond donors (Lipinski definition) is 1. The number of ether oxygens (including phenoxy) is 1. The van der Waals surface area contributed by atoms with Crippen LogP contribution in [0.1, 0.15) is 26.4 Å². The molecule has 3 aromatic rings. The maximum absolute atomic E-state index is 12.6. The molecule has 0 aliphatic carbocycles. The average Bonchev–Trinajstić information content (AvgIpc) is 2.74. The molecule has 3 rings (SSSR count). The number of aromatic nitrogens is 2. The lowest BCUT2D eigenvalue weighted by Gasteiger charge is -2.12. The van der Waals surface area contributed by atoms with Crippen molar-refractivity contribution in [1.29, 1.82) is 0 Å². The molecule has 29 heavy (non-hydrogen) atoms. The van der Waals surface area contributed by atoms with Crippen molar-refractivity contribution in [1.82, 2.24) is 9.13 Å². The minimum atomic E-state index is -0.693. The third kappa shape index (κ3) is 4.32. The fraction of sp³-hybridized carbons (Fsp3) is 0.143. The highest BCUT2D eigenvalue weighted by Crippen LogP contribution is 2.18. The van der Waals surface area contributed by atoms with Crippen LogP contribution < -0.4 is 16.6 Å². The number of para-hydroxylation sites is 1. The molecule has 8 heteroatoms. The zero-order valence-corrected chi connectivity index (χ0v) is 15.9. The van der Waals surface area contributed by atoms with Crippen molar-refractivity contribution in [3.63, 3.8) is 0 Å². The van der Waals surface area contributed by atoms with Gasteiger partial charge in [0.25, 0.3) is 11.5 Å². The lowest BCUT2D eigenvalue weighted by molar-refractivity contribution is 0.0464. The van der Waals surface area contributed by atoms with E-state index in [1.165, 1.54) is 30.8 Å². The molecule has 8 nitrogen and oxygen atoms in total. The molecule has 0 spiro atoms. The van der Waals surface area contributed by atoms with Gasteiger partial charge in [0.15, 0.2) is 0 Å². The largest absolute Gasteiger partial charge is 0.456 e. The van der Waals surface area contributed by atoms with E-state index in [0.29, 0.717) is 11.3 Å². The standard InChI is InChI=1S/C21H19N3O5/c1-23-15(12-18(25)24(2)21(23)28)13-29-20(27)16-10-6-7-11-17(16)22-19(26)14-8-4-3-5-9-14/h3-12H,13H2,1-2H3,(H,22,26). The highest BCUT2D eigenvalue weighted by Gasteiger charge is 2.16. The van der Waals surface area contributed by atoms with Crippen LogP contribution >= 0.6 is 0 Å². The Balaban J connectivity index is 1.78. The summed E-state index contributed by atoms with van der Waals surface area (Å²) in [6.45, 7) is -0.262. The molecule has 0 unspecified atom stereocenters. The summed E-state index contributed by atoms with van der Waals surface area (Å²) in [6.07, 6.45) is 0. The van der Waals surface area contributed by atoms with Crippen LogP contribution in [0.25, 0.3) is 0 Å². The first-order chi connectivity index (χ1) is 13.9. The van der Waals surface area contributed by atoms with Crippen LogP contribution in [0.3, 0.4) is 0 Å². The Bertz CT molecular complexity index is 1180. The summed E-state index contributed by atoms with van der Waals surface area (Å²) >= 11 is 0. The van der Waals surface area contributed by atoms with Crippen LogP contribution in [0.15, 0.2) is 70.3 Å². The van der Waals surface area contributed by atoms with E-state index in [1.54, 1.807) is 48.5 Å². The first kappa shape index (κ1) is 19.8. The first-order valence-corrected chi connectivity index (χ1v) is 8.77. The lowest BCUT2D eigenvalue weighted by Crippen LogP contribution is -2.38. The fourth-order valence-corrected chi connectivity index (χ4v) is 2.69. The Morgan fingerprint density at radius 2 is 1.59 bits per heavy atom. The van der Waals surface area contributed by atoms with E-state index in [4.69, 9.17) is 4.74 Å². The second kappa shape index (κ2) is 8.39. The van der Waals surface area contributed by atoms with Crippen molar-refractivity contribution in [2.24, 2.45) is 14.1 Å². The Hall–Kier alpha value is -3.94. The van der Waals surface area contributed by atoms with E-state index in [2.05, 4.69) is 5.32 Å². The predicted molar refractivity (Wildman–Crippen MR) is 107 cm³/mol. The van der Waals surface area contributed by atoms with Crippen LogP contribution in [0.5, 0.6) is 0 Å². The van der Waals surface area contributed by atoms with Gasteiger partial charge in [-0.3, -0.25) is 18.7 Å². The van der Waals surface area contributed by atoms with Crippen molar-refractivity contribution >= 4 is 17.6 Å². The van der Waals surface area contributed by atoms with Crippen LogP contribution in [-0.4, -0.2) is 21.0 Å². The Kier molecular flexibility index (Phi) is 5.73. The zero-order valence-electron chi connectivity index (χ0n) is 15.9. The summed E-state index contributed by atoms with van der Waals surface area (Å²) < 4.78 is 7.47. The van der Waals surface area contributed by atoms with Crippen LogP contribution in [0.2, 0.25) is 0 Å². The quantitative estimate of drug-likeness (QED) is 0.665. The van der Waals surface area contributed by atoms with Gasteiger partial charge in [-0.15, -0.1) is 0 Å². The molecule has 1 heterocycles. The monoisotopic (exact) mass is 393 g/mol. The van der Waals surface area contributed by atoms with Gasteiger partial charge < -0.3 is 10.1 Å². The SMILES string of the molecule is Cn1c(COC(=O)c2ccccc2NC(=O)c2ccccc2)cc(=O)n(C)c1=O. The number of esters is 1. The number of nitrogens with one attached hydrogen (secondary N) is 1. The summed E-state index contributed by atoms with van der Waals surface area (Å²) in [6, 6.07) is 16.3. The molecule has 1 N–H and O–H groups in total. The molecule has 0 fully saturated rings. The number of nitrogens with zero attached hydrogens (tertiary/aromatic N) is 2. The molecule has 0 aliphatic heterocycles. The smallest absolute Gasteiger partial charge is 0.340 e. The molecule has 2 aromatic carbocycles. The molecule has 1 amide bonds. The van der Waals surface area contributed by atoms with Gasteiger partial charge in [-0.1, -0.05) is 30.3 Å². The van der Waals surface area contributed by atoms with Crippen molar-refractivity contribution in [2.75, 3.05) is 5.32 Å². The number of carbonyl (C=O) groups excluding carboxylic acids is 2. The molecule has 0 radical (unpaired) electrons. The van der Waals surface area contributed by atoms with Gasteiger partial charge in [0, 0.05) is 25.7 Å². The molecule has 0 saturated heterocycles. The van der Waals surface area contributed by atoms with Gasteiger partial charge in [0.1, 0.15) is 6.61 Å². The number of amides is 1. The maximum Gasteiger partial charge on any atom is 0.340 e. The average molecular weight is 393 g/mol. The number of rotatable bonds is 5.